The molecule has 2 aromatic heterocycles. The first-order valence-electron chi connectivity index (χ1n) is 17.5. The molecule has 2 heterocycles. The molecular weight excluding hydrogens is 605 g/mol. The molecule has 11 rings (SSSR count). The molecule has 0 bridgehead atoms. The van der Waals surface area contributed by atoms with Crippen LogP contribution in [0.4, 0.5) is 0 Å². The quantitative estimate of drug-likeness (QED) is 0.183. The van der Waals surface area contributed by atoms with Crippen molar-refractivity contribution in [1.29, 1.82) is 0 Å². The fraction of sp³-hybridized carbons (Fsp3) is 0.0417. The highest BCUT2D eigenvalue weighted by Gasteiger charge is 2.27. The number of rotatable bonds is 3. The summed E-state index contributed by atoms with van der Waals surface area (Å²) in [6.07, 6.45) is 0. The summed E-state index contributed by atoms with van der Waals surface area (Å²) in [5.74, 6) is 0.365. The van der Waals surface area contributed by atoms with E-state index in [0.717, 1.165) is 0 Å². The van der Waals surface area contributed by atoms with Gasteiger partial charge in [-0.1, -0.05) is 110 Å². The number of hydrogen-bond donors (Lipinski definition) is 0. The van der Waals surface area contributed by atoms with E-state index in [4.69, 9.17) is 0 Å². The Balaban J connectivity index is 1.19. The smallest absolute Gasteiger partial charge is 0.0547 e. The summed E-state index contributed by atoms with van der Waals surface area (Å²) in [6.45, 7) is 2.35. The molecule has 0 saturated heterocycles. The SMILES string of the molecule is CC1c2ccccc2-c2cc3c4cc(-c5ccc6c(c5)c5c7ccccc7ccc5n6-c5ccccc5)ccc4n(-c4ccccc4)c3cc21. The first kappa shape index (κ1) is 27.6. The molecule has 50 heavy (non-hydrogen) atoms. The van der Waals surface area contributed by atoms with Gasteiger partial charge in [0.1, 0.15) is 0 Å². The monoisotopic (exact) mass is 636 g/mol. The fourth-order valence-electron chi connectivity index (χ4n) is 8.82. The number of aromatic nitrogens is 2. The van der Waals surface area contributed by atoms with E-state index in [9.17, 15) is 0 Å². The third kappa shape index (κ3) is 3.79. The Morgan fingerprint density at radius 2 is 0.960 bits per heavy atom. The number of nitrogens with zero attached hydrogens (tertiary/aromatic N) is 2. The van der Waals surface area contributed by atoms with Crippen molar-refractivity contribution in [3.63, 3.8) is 0 Å². The number of para-hydroxylation sites is 2. The lowest BCUT2D eigenvalue weighted by atomic mass is 9.97. The van der Waals surface area contributed by atoms with Crippen molar-refractivity contribution >= 4 is 54.4 Å². The molecular formula is C48H32N2. The summed E-state index contributed by atoms with van der Waals surface area (Å²) in [7, 11) is 0. The third-order valence-corrected chi connectivity index (χ3v) is 11.1. The van der Waals surface area contributed by atoms with Crippen LogP contribution in [0.2, 0.25) is 0 Å². The van der Waals surface area contributed by atoms with Gasteiger partial charge in [0.2, 0.25) is 0 Å². The number of fused-ring (bicyclic) bond motifs is 11. The molecule has 1 atom stereocenters. The van der Waals surface area contributed by atoms with Crippen molar-refractivity contribution in [2.24, 2.45) is 0 Å². The molecule has 0 spiro atoms. The van der Waals surface area contributed by atoms with Gasteiger partial charge in [0.05, 0.1) is 22.1 Å². The highest BCUT2D eigenvalue weighted by atomic mass is 15.0. The molecule has 234 valence electrons. The fourth-order valence-corrected chi connectivity index (χ4v) is 8.82. The lowest BCUT2D eigenvalue weighted by Crippen LogP contribution is -1.95. The van der Waals surface area contributed by atoms with Crippen LogP contribution in [0.3, 0.4) is 0 Å². The van der Waals surface area contributed by atoms with Gasteiger partial charge in [0.25, 0.3) is 0 Å². The number of benzene rings is 8. The molecule has 0 radical (unpaired) electrons. The molecule has 1 aliphatic rings. The first-order chi connectivity index (χ1) is 24.7. The van der Waals surface area contributed by atoms with Crippen LogP contribution in [0.25, 0.3) is 88.0 Å². The van der Waals surface area contributed by atoms with E-state index < -0.39 is 0 Å². The Morgan fingerprint density at radius 1 is 0.380 bits per heavy atom. The zero-order chi connectivity index (χ0) is 32.9. The maximum atomic E-state index is 2.46. The zero-order valence-electron chi connectivity index (χ0n) is 27.6. The van der Waals surface area contributed by atoms with Gasteiger partial charge >= 0.3 is 0 Å². The normalized spacial score (nSPS) is 13.9. The van der Waals surface area contributed by atoms with Gasteiger partial charge in [-0.15, -0.1) is 0 Å². The van der Waals surface area contributed by atoms with Gasteiger partial charge in [-0.2, -0.15) is 0 Å². The van der Waals surface area contributed by atoms with Crippen LogP contribution in [0.1, 0.15) is 24.0 Å². The molecule has 2 heteroatoms. The Labute approximate surface area is 290 Å². The summed E-state index contributed by atoms with van der Waals surface area (Å²) < 4.78 is 4.87. The van der Waals surface area contributed by atoms with Gasteiger partial charge in [0, 0.05) is 38.8 Å². The van der Waals surface area contributed by atoms with Crippen LogP contribution in [-0.4, -0.2) is 9.13 Å². The van der Waals surface area contributed by atoms with Crippen LogP contribution in [0.15, 0.2) is 170 Å². The van der Waals surface area contributed by atoms with Crippen LogP contribution in [-0.2, 0) is 0 Å². The Hall–Kier alpha value is -6.38. The van der Waals surface area contributed by atoms with E-state index in [1.54, 1.807) is 0 Å². The van der Waals surface area contributed by atoms with E-state index in [1.165, 1.54) is 99.1 Å². The van der Waals surface area contributed by atoms with Crippen molar-refractivity contribution in [3.05, 3.63) is 181 Å². The molecule has 10 aromatic rings. The van der Waals surface area contributed by atoms with Gasteiger partial charge < -0.3 is 9.13 Å². The van der Waals surface area contributed by atoms with Crippen molar-refractivity contribution in [2.45, 2.75) is 12.8 Å². The number of hydrogen-bond acceptors (Lipinski definition) is 0. The van der Waals surface area contributed by atoms with E-state index >= 15 is 0 Å². The predicted octanol–water partition coefficient (Wildman–Crippen LogP) is 12.8. The summed E-state index contributed by atoms with van der Waals surface area (Å²) in [5, 5.41) is 7.68. The van der Waals surface area contributed by atoms with Gasteiger partial charge in [-0.25, -0.2) is 0 Å². The summed E-state index contributed by atoms with van der Waals surface area (Å²) >= 11 is 0. The van der Waals surface area contributed by atoms with Crippen molar-refractivity contribution in [2.75, 3.05) is 0 Å². The molecule has 2 nitrogen and oxygen atoms in total. The average molecular weight is 637 g/mol. The lowest BCUT2D eigenvalue weighted by molar-refractivity contribution is 0.957. The van der Waals surface area contributed by atoms with E-state index in [0.29, 0.717) is 5.92 Å². The summed E-state index contributed by atoms with van der Waals surface area (Å²) in [6, 6.07) is 62.8. The average Bonchev–Trinajstić information content (AvgIpc) is 3.79. The molecule has 0 fully saturated rings. The first-order valence-corrected chi connectivity index (χ1v) is 17.5. The van der Waals surface area contributed by atoms with E-state index in [-0.39, 0.29) is 0 Å². The van der Waals surface area contributed by atoms with Crippen molar-refractivity contribution in [3.8, 4) is 33.6 Å². The molecule has 0 N–H and O–H groups in total. The van der Waals surface area contributed by atoms with Crippen molar-refractivity contribution in [1.82, 2.24) is 9.13 Å². The Bertz CT molecular complexity index is 2980. The Kier molecular flexibility index (Phi) is 5.68. The van der Waals surface area contributed by atoms with Crippen LogP contribution in [0, 0.1) is 0 Å². The zero-order valence-corrected chi connectivity index (χ0v) is 27.6. The second-order valence-electron chi connectivity index (χ2n) is 13.8. The topological polar surface area (TPSA) is 9.86 Å². The molecule has 0 aliphatic heterocycles. The third-order valence-electron chi connectivity index (χ3n) is 11.1. The predicted molar refractivity (Wildman–Crippen MR) is 211 cm³/mol. The highest BCUT2D eigenvalue weighted by Crippen LogP contribution is 2.48. The molecule has 0 saturated carbocycles. The highest BCUT2D eigenvalue weighted by molar-refractivity contribution is 6.22. The maximum absolute atomic E-state index is 2.46. The second-order valence-corrected chi connectivity index (χ2v) is 13.8. The summed E-state index contributed by atoms with van der Waals surface area (Å²) in [4.78, 5) is 0. The van der Waals surface area contributed by atoms with E-state index in [1.807, 2.05) is 0 Å². The van der Waals surface area contributed by atoms with Gasteiger partial charge in [-0.05, 0) is 111 Å². The molecule has 1 unspecified atom stereocenters. The largest absolute Gasteiger partial charge is 0.309 e. The van der Waals surface area contributed by atoms with Crippen LogP contribution < -0.4 is 0 Å². The minimum atomic E-state index is 0.365. The summed E-state index contributed by atoms with van der Waals surface area (Å²) in [5.41, 5.74) is 15.3. The van der Waals surface area contributed by atoms with E-state index in [2.05, 4.69) is 186 Å². The molecule has 1 aliphatic carbocycles. The van der Waals surface area contributed by atoms with Crippen LogP contribution in [0.5, 0.6) is 0 Å². The second kappa shape index (κ2) is 10.3. The van der Waals surface area contributed by atoms with Crippen molar-refractivity contribution < 1.29 is 0 Å². The van der Waals surface area contributed by atoms with Gasteiger partial charge in [0.15, 0.2) is 0 Å². The standard InChI is InChI=1S/C48H32N2/c1-30-36-17-10-11-19-38(36)40-28-42-41-26-32(21-23-44(41)50(47(42)29-39(30)40)35-15-6-3-7-16-35)33-22-24-45-43(27-33)48-37-18-9-8-12-31(37)20-25-46(48)49(45)34-13-4-2-5-14-34/h2-30H,1H3. The minimum Gasteiger partial charge on any atom is -0.309 e. The van der Waals surface area contributed by atoms with Crippen LogP contribution >= 0.6 is 0 Å². The maximum Gasteiger partial charge on any atom is 0.0547 e. The molecule has 8 aromatic carbocycles. The minimum absolute atomic E-state index is 0.365. The molecule has 0 amide bonds. The lowest BCUT2D eigenvalue weighted by Gasteiger charge is -2.10. The Morgan fingerprint density at radius 3 is 1.72 bits per heavy atom. The van der Waals surface area contributed by atoms with Gasteiger partial charge in [-0.3, -0.25) is 0 Å².